The summed E-state index contributed by atoms with van der Waals surface area (Å²) in [7, 11) is 1.29. The molecule has 3 N–H and O–H groups in total. The van der Waals surface area contributed by atoms with E-state index in [1.54, 1.807) is 24.3 Å². The SMILES string of the molecule is COC(=O)c1sc(Sc2ccc(C)cc2)c(NC(=O)c2ccc(Cl)cc2)c1N. The monoisotopic (exact) mass is 432 g/mol. The van der Waals surface area contributed by atoms with Crippen molar-refractivity contribution in [1.82, 2.24) is 0 Å². The van der Waals surface area contributed by atoms with Crippen molar-refractivity contribution < 1.29 is 14.3 Å². The number of hydrogen-bond acceptors (Lipinski definition) is 6. The van der Waals surface area contributed by atoms with Crippen molar-refractivity contribution in [3.8, 4) is 0 Å². The third kappa shape index (κ3) is 4.49. The van der Waals surface area contributed by atoms with Crippen molar-refractivity contribution in [2.75, 3.05) is 18.2 Å². The lowest BCUT2D eigenvalue weighted by Crippen LogP contribution is -2.13. The van der Waals surface area contributed by atoms with E-state index < -0.39 is 5.97 Å². The number of carbonyl (C=O) groups excluding carboxylic acids is 2. The number of amides is 1. The van der Waals surface area contributed by atoms with Crippen molar-refractivity contribution in [1.29, 1.82) is 0 Å². The first-order valence-corrected chi connectivity index (χ1v) is 10.2. The van der Waals surface area contributed by atoms with Gasteiger partial charge in [-0.15, -0.1) is 11.3 Å². The number of nitrogens with one attached hydrogen (secondary N) is 1. The number of rotatable bonds is 5. The van der Waals surface area contributed by atoms with Gasteiger partial charge >= 0.3 is 5.97 Å². The Kier molecular flexibility index (Phi) is 6.28. The molecule has 5 nitrogen and oxygen atoms in total. The lowest BCUT2D eigenvalue weighted by atomic mass is 10.2. The molecule has 144 valence electrons. The summed E-state index contributed by atoms with van der Waals surface area (Å²) in [6.45, 7) is 2.00. The summed E-state index contributed by atoms with van der Waals surface area (Å²) in [5.41, 5.74) is 8.33. The summed E-state index contributed by atoms with van der Waals surface area (Å²) in [6.07, 6.45) is 0. The minimum Gasteiger partial charge on any atom is -0.465 e. The highest BCUT2D eigenvalue weighted by atomic mass is 35.5. The van der Waals surface area contributed by atoms with Gasteiger partial charge in [-0.05, 0) is 43.3 Å². The number of nitrogens with two attached hydrogens (primary N) is 1. The highest BCUT2D eigenvalue weighted by Gasteiger charge is 2.24. The van der Waals surface area contributed by atoms with Gasteiger partial charge in [0.2, 0.25) is 0 Å². The third-order valence-corrected chi connectivity index (χ3v) is 6.49. The molecule has 0 aliphatic rings. The van der Waals surface area contributed by atoms with Gasteiger partial charge in [-0.2, -0.15) is 0 Å². The van der Waals surface area contributed by atoms with Crippen molar-refractivity contribution in [2.24, 2.45) is 0 Å². The molecule has 0 saturated carbocycles. The lowest BCUT2D eigenvalue weighted by Gasteiger charge is -2.08. The second kappa shape index (κ2) is 8.68. The average Bonchev–Trinajstić information content (AvgIpc) is 2.99. The number of carbonyl (C=O) groups is 2. The van der Waals surface area contributed by atoms with Crippen LogP contribution in [0.3, 0.4) is 0 Å². The van der Waals surface area contributed by atoms with Gasteiger partial charge in [-0.1, -0.05) is 41.1 Å². The van der Waals surface area contributed by atoms with E-state index in [9.17, 15) is 9.59 Å². The predicted octanol–water partition coefficient (Wildman–Crippen LogP) is 5.48. The Bertz CT molecular complexity index is 1020. The first kappa shape index (κ1) is 20.3. The smallest absolute Gasteiger partial charge is 0.350 e. The van der Waals surface area contributed by atoms with E-state index in [1.165, 1.54) is 30.2 Å². The minimum absolute atomic E-state index is 0.189. The second-order valence-electron chi connectivity index (χ2n) is 5.88. The molecule has 28 heavy (non-hydrogen) atoms. The molecule has 0 bridgehead atoms. The number of ether oxygens (including phenoxy) is 1. The highest BCUT2D eigenvalue weighted by molar-refractivity contribution is 8.01. The lowest BCUT2D eigenvalue weighted by molar-refractivity contribution is 0.0607. The third-order valence-electron chi connectivity index (χ3n) is 3.86. The summed E-state index contributed by atoms with van der Waals surface area (Å²) in [4.78, 5) is 25.9. The molecule has 3 aromatic rings. The topological polar surface area (TPSA) is 81.4 Å². The van der Waals surface area contributed by atoms with Crippen LogP contribution in [0.2, 0.25) is 5.02 Å². The number of benzene rings is 2. The van der Waals surface area contributed by atoms with E-state index >= 15 is 0 Å². The molecule has 2 aromatic carbocycles. The fourth-order valence-corrected chi connectivity index (χ4v) is 4.76. The van der Waals surface area contributed by atoms with Gasteiger partial charge in [0, 0.05) is 15.5 Å². The molecule has 1 aromatic heterocycles. The quantitative estimate of drug-likeness (QED) is 0.521. The molecule has 0 saturated heterocycles. The van der Waals surface area contributed by atoms with Crippen molar-refractivity contribution in [3.05, 3.63) is 69.6 Å². The molecule has 8 heteroatoms. The Balaban J connectivity index is 1.96. The molecule has 0 unspecified atom stereocenters. The molecule has 0 radical (unpaired) electrons. The first-order valence-electron chi connectivity index (χ1n) is 8.21. The van der Waals surface area contributed by atoms with Crippen molar-refractivity contribution in [3.63, 3.8) is 0 Å². The standard InChI is InChI=1S/C20H17ClN2O3S2/c1-11-3-9-14(10-4-11)27-20-16(15(22)17(28-20)19(25)26-2)23-18(24)12-5-7-13(21)8-6-12/h3-10H,22H2,1-2H3,(H,23,24). The number of anilines is 2. The molecule has 0 fully saturated rings. The zero-order chi connectivity index (χ0) is 20.3. The molecule has 0 atom stereocenters. The summed E-state index contributed by atoms with van der Waals surface area (Å²) >= 11 is 8.48. The molecule has 0 aliphatic carbocycles. The van der Waals surface area contributed by atoms with Gasteiger partial charge in [0.15, 0.2) is 0 Å². The summed E-state index contributed by atoms with van der Waals surface area (Å²) in [5.74, 6) is -0.886. The van der Waals surface area contributed by atoms with Crippen LogP contribution >= 0.6 is 34.7 Å². The molecular formula is C20H17ClN2O3S2. The average molecular weight is 433 g/mol. The zero-order valence-corrected chi connectivity index (χ0v) is 17.5. The number of methoxy groups -OCH3 is 1. The van der Waals surface area contributed by atoms with Gasteiger partial charge in [-0.25, -0.2) is 4.79 Å². The highest BCUT2D eigenvalue weighted by Crippen LogP contribution is 2.45. The Morgan fingerprint density at radius 2 is 1.75 bits per heavy atom. The van der Waals surface area contributed by atoms with E-state index in [1.807, 2.05) is 31.2 Å². The van der Waals surface area contributed by atoms with Crippen LogP contribution in [0.4, 0.5) is 11.4 Å². The molecule has 0 aliphatic heterocycles. The summed E-state index contributed by atoms with van der Waals surface area (Å²) < 4.78 is 5.51. The first-order chi connectivity index (χ1) is 13.4. The van der Waals surface area contributed by atoms with Crippen LogP contribution in [0.15, 0.2) is 57.6 Å². The fraction of sp³-hybridized carbons (Fsp3) is 0.100. The van der Waals surface area contributed by atoms with Crippen molar-refractivity contribution in [2.45, 2.75) is 16.0 Å². The van der Waals surface area contributed by atoms with Crippen LogP contribution in [-0.4, -0.2) is 19.0 Å². The fourth-order valence-electron chi connectivity index (χ4n) is 2.36. The largest absolute Gasteiger partial charge is 0.465 e. The van der Waals surface area contributed by atoms with Crippen molar-refractivity contribution >= 4 is 58.0 Å². The number of esters is 1. The van der Waals surface area contributed by atoms with Gasteiger partial charge in [0.1, 0.15) is 4.88 Å². The molecule has 3 rings (SSSR count). The maximum atomic E-state index is 12.6. The van der Waals surface area contributed by atoms with Crippen LogP contribution in [0.25, 0.3) is 0 Å². The van der Waals surface area contributed by atoms with E-state index in [4.69, 9.17) is 22.1 Å². The van der Waals surface area contributed by atoms with Crippen LogP contribution < -0.4 is 11.1 Å². The van der Waals surface area contributed by atoms with E-state index in [0.29, 0.717) is 20.5 Å². The summed E-state index contributed by atoms with van der Waals surface area (Å²) in [6, 6.07) is 14.4. The molecule has 1 heterocycles. The van der Waals surface area contributed by atoms with Crippen LogP contribution in [0, 0.1) is 6.92 Å². The number of aryl methyl sites for hydroxylation is 1. The predicted molar refractivity (Wildman–Crippen MR) is 115 cm³/mol. The number of thiophene rings is 1. The van der Waals surface area contributed by atoms with E-state index in [-0.39, 0.29) is 16.5 Å². The van der Waals surface area contributed by atoms with Gasteiger partial charge in [0.05, 0.1) is 22.7 Å². The molecular weight excluding hydrogens is 416 g/mol. The Morgan fingerprint density at radius 3 is 2.36 bits per heavy atom. The maximum absolute atomic E-state index is 12.6. The maximum Gasteiger partial charge on any atom is 0.350 e. The van der Waals surface area contributed by atoms with E-state index in [2.05, 4.69) is 5.32 Å². The molecule has 1 amide bonds. The minimum atomic E-state index is -0.541. The van der Waals surface area contributed by atoms with E-state index in [0.717, 1.165) is 10.5 Å². The zero-order valence-electron chi connectivity index (χ0n) is 15.1. The second-order valence-corrected chi connectivity index (χ2v) is 8.67. The Hall–Kier alpha value is -2.48. The Morgan fingerprint density at radius 1 is 1.11 bits per heavy atom. The number of halogens is 1. The molecule has 0 spiro atoms. The van der Waals surface area contributed by atoms with Crippen LogP contribution in [0.1, 0.15) is 25.6 Å². The summed E-state index contributed by atoms with van der Waals surface area (Å²) in [5, 5.41) is 3.36. The van der Waals surface area contributed by atoms with Gasteiger partial charge < -0.3 is 15.8 Å². The normalized spacial score (nSPS) is 10.5. The Labute approximate surface area is 175 Å². The van der Waals surface area contributed by atoms with Crippen LogP contribution in [-0.2, 0) is 4.74 Å². The van der Waals surface area contributed by atoms with Crippen LogP contribution in [0.5, 0.6) is 0 Å². The van der Waals surface area contributed by atoms with Gasteiger partial charge in [-0.3, -0.25) is 4.79 Å². The van der Waals surface area contributed by atoms with Gasteiger partial charge in [0.25, 0.3) is 5.91 Å². The number of nitrogen functional groups attached to an aromatic ring is 1. The number of hydrogen-bond donors (Lipinski definition) is 2.